The Hall–Kier alpha value is -0.890. The van der Waals surface area contributed by atoms with Gasteiger partial charge < -0.3 is 15.3 Å². The first-order valence-corrected chi connectivity index (χ1v) is 2.78. The summed E-state index contributed by atoms with van der Waals surface area (Å²) in [6, 6.07) is 0. The van der Waals surface area contributed by atoms with Crippen LogP contribution in [0, 0.1) is 0 Å². The molecule has 3 N–H and O–H groups in total. The van der Waals surface area contributed by atoms with Gasteiger partial charge in [-0.15, -0.1) is 0 Å². The van der Waals surface area contributed by atoms with Crippen molar-refractivity contribution in [2.24, 2.45) is 0 Å². The average Bonchev–Trinajstić information content (AvgIpc) is 1.54. The number of hydrogen-bond donors (Lipinski definition) is 3. The number of rotatable bonds is 0. The summed E-state index contributed by atoms with van der Waals surface area (Å²) in [6.45, 7) is 3.25. The minimum absolute atomic E-state index is 0. The van der Waals surface area contributed by atoms with Crippen LogP contribution in [-0.4, -0.2) is 33.2 Å². The molecule has 0 aliphatic rings. The first-order valence-electron chi connectivity index (χ1n) is 2.78. The molecule has 88 valence electrons. The van der Waals surface area contributed by atoms with Crippen LogP contribution in [-0.2, 0) is 14.4 Å². The Morgan fingerprint density at radius 1 is 0.643 bits per heavy atom. The Morgan fingerprint density at radius 2 is 0.643 bits per heavy atom. The predicted molar refractivity (Wildman–Crippen MR) is 60.7 cm³/mol. The molecule has 6 nitrogen and oxygen atoms in total. The SMILES string of the molecule is CC(=O)O.CC(=O)O.CC(=O)O.S.S. The second kappa shape index (κ2) is 22.7. The molecule has 0 saturated heterocycles. The van der Waals surface area contributed by atoms with E-state index in [1.807, 2.05) is 0 Å². The van der Waals surface area contributed by atoms with E-state index < -0.39 is 17.9 Å². The number of hydrogen-bond acceptors (Lipinski definition) is 3. The molecular formula is C6H16O6S2. The lowest BCUT2D eigenvalue weighted by Gasteiger charge is -1.59. The zero-order chi connectivity index (χ0) is 10.7. The molecular weight excluding hydrogens is 232 g/mol. The Morgan fingerprint density at radius 3 is 0.643 bits per heavy atom. The van der Waals surface area contributed by atoms with E-state index in [1.165, 1.54) is 0 Å². The maximum absolute atomic E-state index is 9.00. The van der Waals surface area contributed by atoms with Crippen LogP contribution in [0.3, 0.4) is 0 Å². The van der Waals surface area contributed by atoms with Crippen molar-refractivity contribution in [3.63, 3.8) is 0 Å². The van der Waals surface area contributed by atoms with E-state index in [0.717, 1.165) is 20.8 Å². The van der Waals surface area contributed by atoms with E-state index in [0.29, 0.717) is 0 Å². The van der Waals surface area contributed by atoms with E-state index >= 15 is 0 Å². The number of aliphatic carboxylic acids is 3. The van der Waals surface area contributed by atoms with Crippen molar-refractivity contribution in [1.82, 2.24) is 0 Å². The molecule has 0 aromatic carbocycles. The van der Waals surface area contributed by atoms with E-state index in [-0.39, 0.29) is 27.0 Å². The van der Waals surface area contributed by atoms with Gasteiger partial charge in [0, 0.05) is 20.8 Å². The highest BCUT2D eigenvalue weighted by Gasteiger charge is 1.66. The fourth-order valence-corrected chi connectivity index (χ4v) is 0. The molecule has 0 aliphatic carbocycles. The highest BCUT2D eigenvalue weighted by Crippen LogP contribution is 1.42. The molecule has 0 bridgehead atoms. The van der Waals surface area contributed by atoms with Crippen molar-refractivity contribution < 1.29 is 29.7 Å². The van der Waals surface area contributed by atoms with E-state index in [9.17, 15) is 0 Å². The van der Waals surface area contributed by atoms with Gasteiger partial charge in [-0.2, -0.15) is 27.0 Å². The molecule has 8 heteroatoms. The van der Waals surface area contributed by atoms with Crippen LogP contribution in [0.1, 0.15) is 20.8 Å². The van der Waals surface area contributed by atoms with Gasteiger partial charge in [-0.25, -0.2) is 0 Å². The Kier molecular flexibility index (Phi) is 47.5. The van der Waals surface area contributed by atoms with E-state index in [4.69, 9.17) is 29.7 Å². The van der Waals surface area contributed by atoms with Crippen molar-refractivity contribution in [2.45, 2.75) is 20.8 Å². The van der Waals surface area contributed by atoms with E-state index in [1.54, 1.807) is 0 Å². The summed E-state index contributed by atoms with van der Waals surface area (Å²) in [7, 11) is 0. The number of carbonyl (C=O) groups is 3. The lowest BCUT2D eigenvalue weighted by Crippen LogP contribution is -1.78. The lowest BCUT2D eigenvalue weighted by atomic mass is 10.9. The normalized spacial score (nSPS) is 5.36. The summed E-state index contributed by atoms with van der Waals surface area (Å²) >= 11 is 0. The third-order valence-electron chi connectivity index (χ3n) is 0. The van der Waals surface area contributed by atoms with Crippen molar-refractivity contribution in [1.29, 1.82) is 0 Å². The van der Waals surface area contributed by atoms with E-state index in [2.05, 4.69) is 0 Å². The smallest absolute Gasteiger partial charge is 0.300 e. The van der Waals surface area contributed by atoms with Crippen LogP contribution in [0.5, 0.6) is 0 Å². The maximum atomic E-state index is 9.00. The zero-order valence-corrected chi connectivity index (χ0v) is 10.1. The summed E-state index contributed by atoms with van der Waals surface area (Å²) in [5.74, 6) is -2.50. The van der Waals surface area contributed by atoms with Gasteiger partial charge in [-0.05, 0) is 0 Å². The molecule has 0 aliphatic heterocycles. The van der Waals surface area contributed by atoms with Gasteiger partial charge in [0.1, 0.15) is 0 Å². The van der Waals surface area contributed by atoms with Gasteiger partial charge in [-0.1, -0.05) is 0 Å². The third-order valence-corrected chi connectivity index (χ3v) is 0. The summed E-state index contributed by atoms with van der Waals surface area (Å²) < 4.78 is 0. The van der Waals surface area contributed by atoms with Crippen LogP contribution >= 0.6 is 27.0 Å². The lowest BCUT2D eigenvalue weighted by molar-refractivity contribution is -0.135. The molecule has 0 unspecified atom stereocenters. The molecule has 0 amide bonds. The van der Waals surface area contributed by atoms with Crippen molar-refractivity contribution >= 4 is 44.9 Å². The second-order valence-corrected chi connectivity index (χ2v) is 1.56. The minimum Gasteiger partial charge on any atom is -0.481 e. The average molecular weight is 248 g/mol. The monoisotopic (exact) mass is 248 g/mol. The molecule has 14 heavy (non-hydrogen) atoms. The zero-order valence-electron chi connectivity index (χ0n) is 8.07. The van der Waals surface area contributed by atoms with Crippen LogP contribution < -0.4 is 0 Å². The first-order chi connectivity index (χ1) is 5.20. The Labute approximate surface area is 95.8 Å². The molecule has 0 aromatic heterocycles. The van der Waals surface area contributed by atoms with Crippen molar-refractivity contribution in [2.75, 3.05) is 0 Å². The van der Waals surface area contributed by atoms with Gasteiger partial charge >= 0.3 is 0 Å². The summed E-state index contributed by atoms with van der Waals surface area (Å²) in [4.78, 5) is 27.0. The number of carboxylic acid groups (broad SMARTS) is 3. The molecule has 0 aromatic rings. The van der Waals surface area contributed by atoms with Crippen molar-refractivity contribution in [3.05, 3.63) is 0 Å². The maximum Gasteiger partial charge on any atom is 0.300 e. The predicted octanol–water partition coefficient (Wildman–Crippen LogP) is 0.498. The molecule has 0 fully saturated rings. The molecule has 0 rings (SSSR count). The van der Waals surface area contributed by atoms with Gasteiger partial charge in [0.05, 0.1) is 0 Å². The minimum atomic E-state index is -0.833. The van der Waals surface area contributed by atoms with Gasteiger partial charge in [-0.3, -0.25) is 14.4 Å². The Balaban J connectivity index is -0.0000000270. The summed E-state index contributed by atoms with van der Waals surface area (Å²) in [6.07, 6.45) is 0. The largest absolute Gasteiger partial charge is 0.481 e. The van der Waals surface area contributed by atoms with Crippen LogP contribution in [0.4, 0.5) is 0 Å². The van der Waals surface area contributed by atoms with Crippen LogP contribution in [0.25, 0.3) is 0 Å². The molecule has 0 heterocycles. The topological polar surface area (TPSA) is 112 Å². The number of carboxylic acids is 3. The fraction of sp³-hybridized carbons (Fsp3) is 0.500. The molecule has 0 radical (unpaired) electrons. The molecule has 0 atom stereocenters. The second-order valence-electron chi connectivity index (χ2n) is 1.56. The highest BCUT2D eigenvalue weighted by molar-refractivity contribution is 7.59. The van der Waals surface area contributed by atoms with Crippen LogP contribution in [0.2, 0.25) is 0 Å². The first kappa shape index (κ1) is 29.2. The Bertz CT molecular complexity index is 118. The van der Waals surface area contributed by atoms with Crippen molar-refractivity contribution in [3.8, 4) is 0 Å². The molecule has 0 spiro atoms. The molecule has 0 saturated carbocycles. The van der Waals surface area contributed by atoms with Gasteiger partial charge in [0.2, 0.25) is 0 Å². The summed E-state index contributed by atoms with van der Waals surface area (Å²) in [5.41, 5.74) is 0. The van der Waals surface area contributed by atoms with Gasteiger partial charge in [0.15, 0.2) is 0 Å². The fourth-order valence-electron chi connectivity index (χ4n) is 0. The standard InChI is InChI=1S/3C2H4O2.2H2S/c3*1-2(3)4;;/h3*1H3,(H,3,4);2*1H2. The van der Waals surface area contributed by atoms with Crippen LogP contribution in [0.15, 0.2) is 0 Å². The third kappa shape index (κ3) is 1430. The van der Waals surface area contributed by atoms with Gasteiger partial charge in [0.25, 0.3) is 17.9 Å². The summed E-state index contributed by atoms with van der Waals surface area (Å²) in [5, 5.41) is 22.2. The highest BCUT2D eigenvalue weighted by atomic mass is 32.1. The quantitative estimate of drug-likeness (QED) is 0.575.